The first-order chi connectivity index (χ1) is 8.52. The van der Waals surface area contributed by atoms with Crippen LogP contribution in [0.3, 0.4) is 0 Å². The van der Waals surface area contributed by atoms with Crippen LogP contribution in [0.5, 0.6) is 0 Å². The monoisotopic (exact) mass is 247 g/mol. The van der Waals surface area contributed by atoms with Gasteiger partial charge in [-0.3, -0.25) is 0 Å². The molecule has 2 rings (SSSR count). The number of hydrogen-bond donors (Lipinski definition) is 2. The van der Waals surface area contributed by atoms with E-state index < -0.39 is 0 Å². The molecule has 3 heteroatoms. The Labute approximate surface area is 108 Å². The van der Waals surface area contributed by atoms with E-state index in [9.17, 15) is 5.11 Å². The highest BCUT2D eigenvalue weighted by Gasteiger charge is 2.19. The molecule has 0 amide bonds. The van der Waals surface area contributed by atoms with Gasteiger partial charge in [0, 0.05) is 24.0 Å². The lowest BCUT2D eigenvalue weighted by atomic mass is 9.94. The van der Waals surface area contributed by atoms with Crippen molar-refractivity contribution in [1.29, 1.82) is 0 Å². The van der Waals surface area contributed by atoms with Gasteiger partial charge in [-0.05, 0) is 19.1 Å². The summed E-state index contributed by atoms with van der Waals surface area (Å²) in [6.07, 6.45) is 0. The molecule has 1 atom stereocenters. The second-order valence-electron chi connectivity index (χ2n) is 5.61. The van der Waals surface area contributed by atoms with Gasteiger partial charge in [0.15, 0.2) is 0 Å². The Kier molecular flexibility index (Phi) is 3.73. The standard InChI is InChI=1S/C15H21NO2/c1-11(16-9-15(2,3)10-17)14-8-12-6-4-5-7-13(12)18-14/h4-8,11,16-17H,9-10H2,1-3H3. The van der Waals surface area contributed by atoms with Gasteiger partial charge in [0.05, 0.1) is 6.04 Å². The fourth-order valence-electron chi connectivity index (χ4n) is 1.80. The van der Waals surface area contributed by atoms with E-state index in [1.807, 2.05) is 38.1 Å². The molecule has 0 aliphatic carbocycles. The Morgan fingerprint density at radius 1 is 1.33 bits per heavy atom. The number of benzene rings is 1. The first-order valence-corrected chi connectivity index (χ1v) is 6.34. The van der Waals surface area contributed by atoms with Crippen LogP contribution in [0.1, 0.15) is 32.6 Å². The van der Waals surface area contributed by atoms with Crippen molar-refractivity contribution in [1.82, 2.24) is 5.32 Å². The first-order valence-electron chi connectivity index (χ1n) is 6.34. The van der Waals surface area contributed by atoms with Crippen LogP contribution in [0.2, 0.25) is 0 Å². The van der Waals surface area contributed by atoms with E-state index in [2.05, 4.69) is 18.3 Å². The quantitative estimate of drug-likeness (QED) is 0.853. The molecule has 1 aromatic heterocycles. The highest BCUT2D eigenvalue weighted by molar-refractivity contribution is 5.77. The van der Waals surface area contributed by atoms with Crippen LogP contribution in [-0.4, -0.2) is 18.3 Å². The lowest BCUT2D eigenvalue weighted by molar-refractivity contribution is 0.152. The Morgan fingerprint density at radius 2 is 2.06 bits per heavy atom. The third-order valence-electron chi connectivity index (χ3n) is 3.19. The van der Waals surface area contributed by atoms with Gasteiger partial charge in [0.2, 0.25) is 0 Å². The molecule has 0 bridgehead atoms. The van der Waals surface area contributed by atoms with Crippen molar-refractivity contribution in [3.05, 3.63) is 36.1 Å². The summed E-state index contributed by atoms with van der Waals surface area (Å²) in [5, 5.41) is 13.8. The van der Waals surface area contributed by atoms with Crippen molar-refractivity contribution in [2.24, 2.45) is 5.41 Å². The lowest BCUT2D eigenvalue weighted by Gasteiger charge is -2.24. The van der Waals surface area contributed by atoms with Crippen LogP contribution in [-0.2, 0) is 0 Å². The highest BCUT2D eigenvalue weighted by atomic mass is 16.3. The molecule has 0 aliphatic rings. The SMILES string of the molecule is CC(NCC(C)(C)CO)c1cc2ccccc2o1. The Hall–Kier alpha value is -1.32. The van der Waals surface area contributed by atoms with Crippen LogP contribution in [0.25, 0.3) is 11.0 Å². The molecule has 0 spiro atoms. The van der Waals surface area contributed by atoms with Crippen LogP contribution in [0.4, 0.5) is 0 Å². The molecule has 18 heavy (non-hydrogen) atoms. The molecule has 3 nitrogen and oxygen atoms in total. The van der Waals surface area contributed by atoms with Crippen molar-refractivity contribution < 1.29 is 9.52 Å². The van der Waals surface area contributed by atoms with Crippen LogP contribution in [0, 0.1) is 5.41 Å². The van der Waals surface area contributed by atoms with E-state index in [0.717, 1.165) is 23.3 Å². The summed E-state index contributed by atoms with van der Waals surface area (Å²) < 4.78 is 5.80. The van der Waals surface area contributed by atoms with Gasteiger partial charge < -0.3 is 14.8 Å². The van der Waals surface area contributed by atoms with Gasteiger partial charge in [-0.2, -0.15) is 0 Å². The van der Waals surface area contributed by atoms with E-state index >= 15 is 0 Å². The summed E-state index contributed by atoms with van der Waals surface area (Å²) >= 11 is 0. The van der Waals surface area contributed by atoms with E-state index in [1.54, 1.807) is 0 Å². The molecule has 0 aliphatic heterocycles. The second kappa shape index (κ2) is 5.12. The number of aliphatic hydroxyl groups is 1. The summed E-state index contributed by atoms with van der Waals surface area (Å²) in [4.78, 5) is 0. The molecule has 0 saturated heterocycles. The lowest BCUT2D eigenvalue weighted by Crippen LogP contribution is -2.33. The number of furan rings is 1. The van der Waals surface area contributed by atoms with Crippen LogP contribution in [0.15, 0.2) is 34.7 Å². The summed E-state index contributed by atoms with van der Waals surface area (Å²) in [6, 6.07) is 10.2. The van der Waals surface area contributed by atoms with E-state index in [-0.39, 0.29) is 18.1 Å². The summed E-state index contributed by atoms with van der Waals surface area (Å²) in [5.41, 5.74) is 0.808. The van der Waals surface area contributed by atoms with Crippen molar-refractivity contribution in [3.63, 3.8) is 0 Å². The molecule has 1 unspecified atom stereocenters. The molecule has 0 radical (unpaired) electrons. The molecular weight excluding hydrogens is 226 g/mol. The number of para-hydroxylation sites is 1. The molecule has 1 aromatic carbocycles. The van der Waals surface area contributed by atoms with Gasteiger partial charge in [0.1, 0.15) is 11.3 Å². The molecule has 0 saturated carbocycles. The molecule has 2 aromatic rings. The Morgan fingerprint density at radius 3 is 2.72 bits per heavy atom. The summed E-state index contributed by atoms with van der Waals surface area (Å²) in [6.45, 7) is 7.07. The highest BCUT2D eigenvalue weighted by Crippen LogP contribution is 2.24. The third kappa shape index (κ3) is 2.92. The maximum Gasteiger partial charge on any atom is 0.134 e. The smallest absolute Gasteiger partial charge is 0.134 e. The van der Waals surface area contributed by atoms with Crippen LogP contribution >= 0.6 is 0 Å². The zero-order valence-electron chi connectivity index (χ0n) is 11.2. The minimum absolute atomic E-state index is 0.111. The molecular formula is C15H21NO2. The molecule has 98 valence electrons. The normalized spacial score (nSPS) is 14.0. The number of hydrogen-bond acceptors (Lipinski definition) is 3. The Balaban J connectivity index is 2.07. The van der Waals surface area contributed by atoms with Gasteiger partial charge in [-0.15, -0.1) is 0 Å². The number of rotatable bonds is 5. The first kappa shape index (κ1) is 13.1. The third-order valence-corrected chi connectivity index (χ3v) is 3.19. The fraction of sp³-hybridized carbons (Fsp3) is 0.467. The maximum atomic E-state index is 9.23. The average Bonchev–Trinajstić information content (AvgIpc) is 2.80. The topological polar surface area (TPSA) is 45.4 Å². The summed E-state index contributed by atoms with van der Waals surface area (Å²) in [5.74, 6) is 0.935. The number of aliphatic hydroxyl groups excluding tert-OH is 1. The fourth-order valence-corrected chi connectivity index (χ4v) is 1.80. The predicted molar refractivity (Wildman–Crippen MR) is 73.5 cm³/mol. The van der Waals surface area contributed by atoms with Crippen LogP contribution < -0.4 is 5.32 Å². The Bertz CT molecular complexity index is 483. The average molecular weight is 247 g/mol. The molecule has 1 heterocycles. The maximum absolute atomic E-state index is 9.23. The van der Waals surface area contributed by atoms with Gasteiger partial charge in [0.25, 0.3) is 0 Å². The van der Waals surface area contributed by atoms with Gasteiger partial charge in [-0.25, -0.2) is 0 Å². The summed E-state index contributed by atoms with van der Waals surface area (Å²) in [7, 11) is 0. The van der Waals surface area contributed by atoms with Gasteiger partial charge in [-0.1, -0.05) is 32.0 Å². The minimum Gasteiger partial charge on any atom is -0.459 e. The number of fused-ring (bicyclic) bond motifs is 1. The van der Waals surface area contributed by atoms with E-state index in [0.29, 0.717) is 0 Å². The van der Waals surface area contributed by atoms with E-state index in [4.69, 9.17) is 4.42 Å². The molecule has 0 fully saturated rings. The van der Waals surface area contributed by atoms with Crippen molar-refractivity contribution in [2.75, 3.05) is 13.2 Å². The van der Waals surface area contributed by atoms with Crippen molar-refractivity contribution in [3.8, 4) is 0 Å². The zero-order valence-corrected chi connectivity index (χ0v) is 11.2. The largest absolute Gasteiger partial charge is 0.459 e. The molecule has 2 N–H and O–H groups in total. The van der Waals surface area contributed by atoms with Crippen molar-refractivity contribution in [2.45, 2.75) is 26.8 Å². The minimum atomic E-state index is -0.111. The van der Waals surface area contributed by atoms with Gasteiger partial charge >= 0.3 is 0 Å². The van der Waals surface area contributed by atoms with Crippen molar-refractivity contribution >= 4 is 11.0 Å². The second-order valence-corrected chi connectivity index (χ2v) is 5.61. The number of nitrogens with one attached hydrogen (secondary N) is 1. The van der Waals surface area contributed by atoms with E-state index in [1.165, 1.54) is 0 Å². The zero-order chi connectivity index (χ0) is 13.2. The predicted octanol–water partition coefficient (Wildman–Crippen LogP) is 3.10.